The van der Waals surface area contributed by atoms with Crippen molar-refractivity contribution >= 4 is 45.5 Å². The first-order valence-electron chi connectivity index (χ1n) is 9.61. The van der Waals surface area contributed by atoms with E-state index < -0.39 is 5.97 Å². The second-order valence-corrected chi connectivity index (χ2v) is 7.14. The molecule has 1 N–H and O–H groups in total. The van der Waals surface area contributed by atoms with Crippen LogP contribution in [0.5, 0.6) is 0 Å². The summed E-state index contributed by atoms with van der Waals surface area (Å²) in [6.45, 7) is 5.32. The van der Waals surface area contributed by atoms with Crippen LogP contribution in [0, 0.1) is 0 Å². The lowest BCUT2D eigenvalue weighted by atomic mass is 10.1. The number of pyridine rings is 1. The maximum atomic E-state index is 12.5. The summed E-state index contributed by atoms with van der Waals surface area (Å²) in [5.41, 5.74) is 3.76. The van der Waals surface area contributed by atoms with E-state index in [0.29, 0.717) is 22.9 Å². The van der Waals surface area contributed by atoms with Gasteiger partial charge in [0.2, 0.25) is 0 Å². The smallest absolute Gasteiger partial charge is 0.341 e. The summed E-state index contributed by atoms with van der Waals surface area (Å²) in [5.74, 6) is -0.422. The van der Waals surface area contributed by atoms with Gasteiger partial charge in [-0.1, -0.05) is 11.6 Å². The Kier molecular flexibility index (Phi) is 5.83. The van der Waals surface area contributed by atoms with Crippen molar-refractivity contribution in [1.82, 2.24) is 4.98 Å². The van der Waals surface area contributed by atoms with Crippen LogP contribution >= 0.6 is 11.6 Å². The van der Waals surface area contributed by atoms with Crippen molar-refractivity contribution in [2.75, 3.05) is 43.1 Å². The van der Waals surface area contributed by atoms with E-state index in [1.807, 2.05) is 18.2 Å². The Bertz CT molecular complexity index is 1020. The first-order chi connectivity index (χ1) is 14.2. The maximum absolute atomic E-state index is 12.5. The number of halogens is 1. The number of carbonyl (C=O) groups excluding carboxylic acids is 1. The van der Waals surface area contributed by atoms with Gasteiger partial charge in [0.1, 0.15) is 5.56 Å². The fourth-order valence-electron chi connectivity index (χ4n) is 3.38. The van der Waals surface area contributed by atoms with Crippen LogP contribution in [-0.4, -0.2) is 43.9 Å². The van der Waals surface area contributed by atoms with E-state index in [1.165, 1.54) is 0 Å². The Hall–Kier alpha value is -2.83. The van der Waals surface area contributed by atoms with E-state index in [2.05, 4.69) is 27.3 Å². The number of rotatable bonds is 5. The van der Waals surface area contributed by atoms with Gasteiger partial charge in [-0.25, -0.2) is 4.79 Å². The average molecular weight is 412 g/mol. The number of benzene rings is 2. The number of morpholine rings is 1. The van der Waals surface area contributed by atoms with Gasteiger partial charge in [0.15, 0.2) is 0 Å². The number of nitrogens with zero attached hydrogens (tertiary/aromatic N) is 2. The predicted molar refractivity (Wildman–Crippen MR) is 115 cm³/mol. The van der Waals surface area contributed by atoms with Gasteiger partial charge < -0.3 is 19.7 Å². The van der Waals surface area contributed by atoms with Crippen LogP contribution in [-0.2, 0) is 9.47 Å². The van der Waals surface area contributed by atoms with Gasteiger partial charge in [-0.05, 0) is 49.4 Å². The zero-order valence-corrected chi connectivity index (χ0v) is 16.9. The molecule has 29 heavy (non-hydrogen) atoms. The van der Waals surface area contributed by atoms with E-state index in [9.17, 15) is 4.79 Å². The normalized spacial score (nSPS) is 14.1. The van der Waals surface area contributed by atoms with Crippen molar-refractivity contribution in [3.63, 3.8) is 0 Å². The Morgan fingerprint density at radius 1 is 1.21 bits per heavy atom. The van der Waals surface area contributed by atoms with Crippen LogP contribution in [0.15, 0.2) is 48.7 Å². The van der Waals surface area contributed by atoms with E-state index in [1.54, 1.807) is 25.3 Å². The molecule has 7 heteroatoms. The summed E-state index contributed by atoms with van der Waals surface area (Å²) >= 11 is 6.21. The van der Waals surface area contributed by atoms with Crippen LogP contribution in [0.25, 0.3) is 10.9 Å². The quantitative estimate of drug-likeness (QED) is 0.617. The Morgan fingerprint density at radius 2 is 1.97 bits per heavy atom. The molecule has 2 aromatic carbocycles. The highest BCUT2D eigenvalue weighted by atomic mass is 35.5. The molecule has 1 aromatic heterocycles. The number of hydrogen-bond acceptors (Lipinski definition) is 6. The number of ether oxygens (including phenoxy) is 2. The van der Waals surface area contributed by atoms with Crippen molar-refractivity contribution in [3.8, 4) is 0 Å². The Morgan fingerprint density at radius 3 is 2.69 bits per heavy atom. The molecule has 2 heterocycles. The Labute approximate surface area is 174 Å². The molecule has 6 nitrogen and oxygen atoms in total. The lowest BCUT2D eigenvalue weighted by Crippen LogP contribution is -2.36. The second kappa shape index (κ2) is 8.68. The molecule has 0 saturated carbocycles. The van der Waals surface area contributed by atoms with Crippen molar-refractivity contribution in [3.05, 3.63) is 59.2 Å². The lowest BCUT2D eigenvalue weighted by Gasteiger charge is -2.29. The highest BCUT2D eigenvalue weighted by Gasteiger charge is 2.18. The van der Waals surface area contributed by atoms with Crippen molar-refractivity contribution in [2.24, 2.45) is 0 Å². The predicted octanol–water partition coefficient (Wildman–Crippen LogP) is 4.65. The third kappa shape index (κ3) is 4.28. The third-order valence-electron chi connectivity index (χ3n) is 4.84. The molecule has 0 atom stereocenters. The van der Waals surface area contributed by atoms with Crippen LogP contribution in [0.2, 0.25) is 5.02 Å². The summed E-state index contributed by atoms with van der Waals surface area (Å²) in [6, 6.07) is 13.5. The SMILES string of the molecule is CCOC(=O)c1cnc2ccc(Cl)cc2c1Nc1ccc(N2CCOCC2)cc1. The standard InChI is InChI=1S/C22H22ClN3O3/c1-2-29-22(27)19-14-24-20-8-3-15(23)13-18(20)21(19)25-16-4-6-17(7-5-16)26-9-11-28-12-10-26/h3-8,13-14H,2,9-12H2,1H3,(H,24,25). The molecule has 1 fully saturated rings. The van der Waals surface area contributed by atoms with E-state index in [4.69, 9.17) is 21.1 Å². The van der Waals surface area contributed by atoms with E-state index in [-0.39, 0.29) is 0 Å². The van der Waals surface area contributed by atoms with E-state index in [0.717, 1.165) is 48.6 Å². The molecule has 0 spiro atoms. The summed E-state index contributed by atoms with van der Waals surface area (Å²) in [6.07, 6.45) is 1.54. The number of hydrogen-bond donors (Lipinski definition) is 1. The van der Waals surface area contributed by atoms with Crippen LogP contribution in [0.1, 0.15) is 17.3 Å². The summed E-state index contributed by atoms with van der Waals surface area (Å²) in [5, 5.41) is 4.71. The number of carbonyl (C=O) groups is 1. The molecule has 0 radical (unpaired) electrons. The molecule has 3 aromatic rings. The topological polar surface area (TPSA) is 63.7 Å². The van der Waals surface area contributed by atoms with Gasteiger partial charge >= 0.3 is 5.97 Å². The zero-order chi connectivity index (χ0) is 20.2. The monoisotopic (exact) mass is 411 g/mol. The van der Waals surface area contributed by atoms with Crippen LogP contribution in [0.4, 0.5) is 17.1 Å². The number of aromatic nitrogens is 1. The zero-order valence-electron chi connectivity index (χ0n) is 16.2. The molecule has 4 rings (SSSR count). The molecule has 1 aliphatic heterocycles. The Balaban J connectivity index is 1.69. The fourth-order valence-corrected chi connectivity index (χ4v) is 3.56. The number of esters is 1. The molecular formula is C22H22ClN3O3. The summed E-state index contributed by atoms with van der Waals surface area (Å²) in [7, 11) is 0. The molecule has 0 amide bonds. The fraction of sp³-hybridized carbons (Fsp3) is 0.273. The van der Waals surface area contributed by atoms with Crippen molar-refractivity contribution < 1.29 is 14.3 Å². The van der Waals surface area contributed by atoms with Gasteiger partial charge in [0, 0.05) is 41.1 Å². The second-order valence-electron chi connectivity index (χ2n) is 6.70. The summed E-state index contributed by atoms with van der Waals surface area (Å²) in [4.78, 5) is 19.2. The van der Waals surface area contributed by atoms with E-state index >= 15 is 0 Å². The van der Waals surface area contributed by atoms with Crippen molar-refractivity contribution in [1.29, 1.82) is 0 Å². The molecule has 150 valence electrons. The average Bonchev–Trinajstić information content (AvgIpc) is 2.75. The van der Waals surface area contributed by atoms with Gasteiger partial charge in [0.25, 0.3) is 0 Å². The minimum Gasteiger partial charge on any atom is -0.462 e. The van der Waals surface area contributed by atoms with Gasteiger partial charge in [-0.15, -0.1) is 0 Å². The first-order valence-corrected chi connectivity index (χ1v) is 9.98. The highest BCUT2D eigenvalue weighted by molar-refractivity contribution is 6.31. The van der Waals surface area contributed by atoms with Gasteiger partial charge in [0.05, 0.1) is 31.0 Å². The molecule has 1 saturated heterocycles. The number of anilines is 3. The van der Waals surface area contributed by atoms with Crippen molar-refractivity contribution in [2.45, 2.75) is 6.92 Å². The number of nitrogens with one attached hydrogen (secondary N) is 1. The summed E-state index contributed by atoms with van der Waals surface area (Å²) < 4.78 is 10.6. The lowest BCUT2D eigenvalue weighted by molar-refractivity contribution is 0.0527. The maximum Gasteiger partial charge on any atom is 0.341 e. The highest BCUT2D eigenvalue weighted by Crippen LogP contribution is 2.32. The van der Waals surface area contributed by atoms with Crippen LogP contribution in [0.3, 0.4) is 0 Å². The first kappa shape index (κ1) is 19.5. The van der Waals surface area contributed by atoms with Gasteiger partial charge in [-0.2, -0.15) is 0 Å². The van der Waals surface area contributed by atoms with Gasteiger partial charge in [-0.3, -0.25) is 4.98 Å². The molecule has 0 bridgehead atoms. The molecule has 0 aliphatic carbocycles. The largest absolute Gasteiger partial charge is 0.462 e. The molecular weight excluding hydrogens is 390 g/mol. The minimum atomic E-state index is -0.422. The molecule has 0 unspecified atom stereocenters. The number of fused-ring (bicyclic) bond motifs is 1. The minimum absolute atomic E-state index is 0.292. The third-order valence-corrected chi connectivity index (χ3v) is 5.07. The van der Waals surface area contributed by atoms with Crippen LogP contribution < -0.4 is 10.2 Å². The molecule has 1 aliphatic rings.